The third-order valence-corrected chi connectivity index (χ3v) is 2.06. The molecule has 2 radical (unpaired) electrons. The highest BCUT2D eigenvalue weighted by molar-refractivity contribution is 7.44. The van der Waals surface area contributed by atoms with Gasteiger partial charge in [-0.15, -0.1) is 0 Å². The topological polar surface area (TPSA) is 58.9 Å². The SMILES string of the molecule is [B]C1CCC(COCP(O)O)O1. The number of ether oxygens (including phenoxy) is 2. The fraction of sp³-hybridized carbons (Fsp3) is 1.00. The summed E-state index contributed by atoms with van der Waals surface area (Å²) in [5, 5.41) is 0. The lowest BCUT2D eigenvalue weighted by Gasteiger charge is -2.11. The van der Waals surface area contributed by atoms with Crippen LogP contribution in [0.2, 0.25) is 0 Å². The van der Waals surface area contributed by atoms with Crippen LogP contribution in [0.5, 0.6) is 0 Å². The predicted molar refractivity (Wildman–Crippen MR) is 45.8 cm³/mol. The van der Waals surface area contributed by atoms with Gasteiger partial charge in [-0.05, 0) is 12.8 Å². The Balaban J connectivity index is 2.00. The molecule has 2 atom stereocenters. The molecule has 6 heteroatoms. The molecule has 68 valence electrons. The van der Waals surface area contributed by atoms with Gasteiger partial charge in [-0.2, -0.15) is 0 Å². The van der Waals surface area contributed by atoms with Crippen molar-refractivity contribution >= 4 is 16.2 Å². The van der Waals surface area contributed by atoms with Gasteiger partial charge in [0.25, 0.3) is 0 Å². The molecule has 12 heavy (non-hydrogen) atoms. The summed E-state index contributed by atoms with van der Waals surface area (Å²) in [4.78, 5) is 17.0. The van der Waals surface area contributed by atoms with Crippen molar-refractivity contribution in [3.8, 4) is 0 Å². The quantitative estimate of drug-likeness (QED) is 0.481. The Morgan fingerprint density at radius 2 is 2.25 bits per heavy atom. The first-order valence-corrected chi connectivity index (χ1v) is 5.26. The summed E-state index contributed by atoms with van der Waals surface area (Å²) < 4.78 is 10.2. The molecule has 0 spiro atoms. The molecule has 1 fully saturated rings. The molecule has 4 nitrogen and oxygen atoms in total. The molecule has 0 bridgehead atoms. The van der Waals surface area contributed by atoms with Gasteiger partial charge in [0, 0.05) is 6.00 Å². The van der Waals surface area contributed by atoms with E-state index in [0.717, 1.165) is 12.8 Å². The van der Waals surface area contributed by atoms with Gasteiger partial charge >= 0.3 is 0 Å². The van der Waals surface area contributed by atoms with Gasteiger partial charge in [0.15, 0.2) is 8.38 Å². The van der Waals surface area contributed by atoms with Gasteiger partial charge in [-0.1, -0.05) is 0 Å². The van der Waals surface area contributed by atoms with E-state index in [4.69, 9.17) is 27.1 Å². The molecule has 1 rings (SSSR count). The Labute approximate surface area is 74.2 Å². The van der Waals surface area contributed by atoms with E-state index in [9.17, 15) is 0 Å². The molecule has 1 heterocycles. The van der Waals surface area contributed by atoms with Crippen LogP contribution in [-0.2, 0) is 9.47 Å². The maximum atomic E-state index is 8.51. The first kappa shape index (κ1) is 10.4. The second-order valence-corrected chi connectivity index (χ2v) is 3.75. The molecule has 0 aromatic carbocycles. The maximum Gasteiger partial charge on any atom is 0.192 e. The molecule has 1 aliphatic rings. The molecule has 1 aliphatic heterocycles. The molecule has 0 saturated carbocycles. The first-order chi connectivity index (χ1) is 5.68. The van der Waals surface area contributed by atoms with Crippen LogP contribution in [0.15, 0.2) is 0 Å². The van der Waals surface area contributed by atoms with Gasteiger partial charge in [-0.25, -0.2) is 0 Å². The number of rotatable bonds is 4. The van der Waals surface area contributed by atoms with Crippen molar-refractivity contribution in [1.82, 2.24) is 0 Å². The fourth-order valence-corrected chi connectivity index (χ4v) is 1.39. The average molecular weight is 190 g/mol. The minimum atomic E-state index is -1.94. The Hall–Kier alpha value is 0.335. The van der Waals surface area contributed by atoms with E-state index in [2.05, 4.69) is 0 Å². The predicted octanol–water partition coefficient (Wildman–Crippen LogP) is -0.0694. The van der Waals surface area contributed by atoms with Crippen molar-refractivity contribution in [2.45, 2.75) is 24.9 Å². The molecular formula is C6H12BO4P. The Morgan fingerprint density at radius 1 is 1.50 bits per heavy atom. The second-order valence-electron chi connectivity index (χ2n) is 2.75. The van der Waals surface area contributed by atoms with Crippen molar-refractivity contribution in [2.75, 3.05) is 13.0 Å². The van der Waals surface area contributed by atoms with E-state index in [1.54, 1.807) is 0 Å². The summed E-state index contributed by atoms with van der Waals surface area (Å²) in [6.45, 7) is 0.396. The van der Waals surface area contributed by atoms with E-state index in [0.29, 0.717) is 6.61 Å². The van der Waals surface area contributed by atoms with Crippen molar-refractivity contribution < 1.29 is 19.3 Å². The van der Waals surface area contributed by atoms with Crippen LogP contribution < -0.4 is 0 Å². The number of hydrogen-bond acceptors (Lipinski definition) is 4. The molecule has 0 aliphatic carbocycles. The van der Waals surface area contributed by atoms with E-state index < -0.39 is 8.38 Å². The lowest BCUT2D eigenvalue weighted by atomic mass is 9.97. The maximum absolute atomic E-state index is 8.51. The summed E-state index contributed by atoms with van der Waals surface area (Å²) in [5.41, 5.74) is 0. The van der Waals surface area contributed by atoms with Gasteiger partial charge in [0.2, 0.25) is 0 Å². The van der Waals surface area contributed by atoms with Gasteiger partial charge in [0.1, 0.15) is 14.2 Å². The van der Waals surface area contributed by atoms with Crippen LogP contribution in [0, 0.1) is 0 Å². The smallest absolute Gasteiger partial charge is 0.192 e. The Morgan fingerprint density at radius 3 is 2.75 bits per heavy atom. The fourth-order valence-electron chi connectivity index (χ4n) is 1.12. The number of hydrogen-bond donors (Lipinski definition) is 2. The van der Waals surface area contributed by atoms with Crippen molar-refractivity contribution in [1.29, 1.82) is 0 Å². The zero-order chi connectivity index (χ0) is 8.97. The lowest BCUT2D eigenvalue weighted by molar-refractivity contribution is 0.0180. The third-order valence-electron chi connectivity index (χ3n) is 1.65. The molecule has 0 aromatic heterocycles. The van der Waals surface area contributed by atoms with Gasteiger partial charge in [0.05, 0.1) is 12.7 Å². The van der Waals surface area contributed by atoms with Crippen molar-refractivity contribution in [3.63, 3.8) is 0 Å². The first-order valence-electron chi connectivity index (χ1n) is 3.82. The Kier molecular flexibility index (Phi) is 4.47. The molecule has 1 saturated heterocycles. The van der Waals surface area contributed by atoms with Crippen LogP contribution in [-0.4, -0.2) is 42.7 Å². The highest BCUT2D eigenvalue weighted by atomic mass is 31.2. The minimum Gasteiger partial charge on any atom is -0.382 e. The Bertz CT molecular complexity index is 135. The lowest BCUT2D eigenvalue weighted by Crippen LogP contribution is -2.17. The summed E-state index contributed by atoms with van der Waals surface area (Å²) in [6, 6.07) is -0.177. The van der Waals surface area contributed by atoms with Crippen molar-refractivity contribution in [2.24, 2.45) is 0 Å². The van der Waals surface area contributed by atoms with E-state index in [1.807, 2.05) is 0 Å². The van der Waals surface area contributed by atoms with Crippen LogP contribution >= 0.6 is 8.38 Å². The van der Waals surface area contributed by atoms with Crippen molar-refractivity contribution in [3.05, 3.63) is 0 Å². The van der Waals surface area contributed by atoms with Crippen LogP contribution in [0.3, 0.4) is 0 Å². The highest BCUT2D eigenvalue weighted by Crippen LogP contribution is 2.23. The van der Waals surface area contributed by atoms with Gasteiger partial charge < -0.3 is 19.3 Å². The highest BCUT2D eigenvalue weighted by Gasteiger charge is 2.21. The standard InChI is InChI=1S/C6H12BO4P/c7-6-2-1-5(11-6)3-10-4-12(8)9/h5-6,8-9H,1-4H2. The van der Waals surface area contributed by atoms with Gasteiger partial charge in [-0.3, -0.25) is 0 Å². The largest absolute Gasteiger partial charge is 0.382 e. The molecule has 0 aromatic rings. The molecular weight excluding hydrogens is 178 g/mol. The summed E-state index contributed by atoms with van der Waals surface area (Å²) in [6.07, 6.45) is 1.75. The molecule has 2 N–H and O–H groups in total. The third kappa shape index (κ3) is 3.83. The van der Waals surface area contributed by atoms with Crippen LogP contribution in [0.25, 0.3) is 0 Å². The molecule has 2 unspecified atom stereocenters. The summed E-state index contributed by atoms with van der Waals surface area (Å²) >= 11 is 0. The monoisotopic (exact) mass is 190 g/mol. The average Bonchev–Trinajstić information content (AvgIpc) is 2.35. The summed E-state index contributed by atoms with van der Waals surface area (Å²) in [7, 11) is 3.54. The summed E-state index contributed by atoms with van der Waals surface area (Å²) in [5.74, 6) is 0. The van der Waals surface area contributed by atoms with E-state index in [-0.39, 0.29) is 18.5 Å². The van der Waals surface area contributed by atoms with Crippen LogP contribution in [0.4, 0.5) is 0 Å². The van der Waals surface area contributed by atoms with E-state index in [1.165, 1.54) is 0 Å². The second kappa shape index (κ2) is 5.15. The minimum absolute atomic E-state index is 0.00949. The molecule has 0 amide bonds. The normalized spacial score (nSPS) is 29.9. The zero-order valence-corrected chi connectivity index (χ0v) is 7.61. The zero-order valence-electron chi connectivity index (χ0n) is 6.72. The van der Waals surface area contributed by atoms with Crippen LogP contribution in [0.1, 0.15) is 12.8 Å². The van der Waals surface area contributed by atoms with E-state index >= 15 is 0 Å².